The van der Waals surface area contributed by atoms with Crippen LogP contribution in [0, 0.1) is 11.3 Å². The number of carboxylic acid groups (broad SMARTS) is 1. The Labute approximate surface area is 158 Å². The summed E-state index contributed by atoms with van der Waals surface area (Å²) in [7, 11) is 0. The Balaban J connectivity index is 1.65. The van der Waals surface area contributed by atoms with Crippen molar-refractivity contribution in [1.29, 1.82) is 0 Å². The van der Waals surface area contributed by atoms with E-state index in [2.05, 4.69) is 0 Å². The van der Waals surface area contributed by atoms with Crippen LogP contribution in [0.1, 0.15) is 23.2 Å². The van der Waals surface area contributed by atoms with Gasteiger partial charge in [0.15, 0.2) is 0 Å². The van der Waals surface area contributed by atoms with Crippen molar-refractivity contribution in [3.05, 3.63) is 60.2 Å². The molecular formula is C22H23NO4. The Bertz CT molecular complexity index is 842. The molecule has 0 radical (unpaired) electrons. The number of ether oxygens (including phenoxy) is 1. The Morgan fingerprint density at radius 1 is 1.00 bits per heavy atom. The van der Waals surface area contributed by atoms with Crippen molar-refractivity contribution in [2.75, 3.05) is 26.3 Å². The zero-order valence-corrected chi connectivity index (χ0v) is 15.1. The second-order valence-electron chi connectivity index (χ2n) is 7.46. The summed E-state index contributed by atoms with van der Waals surface area (Å²) in [5.74, 6) is -1.44. The van der Waals surface area contributed by atoms with Gasteiger partial charge in [-0.1, -0.05) is 48.5 Å². The molecule has 140 valence electrons. The number of hydrogen-bond acceptors (Lipinski definition) is 3. The number of carbonyl (C=O) groups is 2. The third kappa shape index (κ3) is 3.23. The van der Waals surface area contributed by atoms with E-state index < -0.39 is 11.9 Å². The lowest BCUT2D eigenvalue weighted by atomic mass is 9.72. The lowest BCUT2D eigenvalue weighted by Crippen LogP contribution is -2.40. The standard InChI is InChI=1S/C22H23NO4/c24-20(18-9-5-4-8-17(18)16-6-2-1-3-7-16)23-14-19(21(25)26)22(15-23)10-12-27-13-11-22/h1-9,19H,10-15H2,(H,25,26). The van der Waals surface area contributed by atoms with Crippen LogP contribution in [0.4, 0.5) is 0 Å². The predicted molar refractivity (Wildman–Crippen MR) is 101 cm³/mol. The average molecular weight is 365 g/mol. The van der Waals surface area contributed by atoms with Gasteiger partial charge in [-0.2, -0.15) is 0 Å². The minimum atomic E-state index is -0.816. The Morgan fingerprint density at radius 2 is 1.67 bits per heavy atom. The summed E-state index contributed by atoms with van der Waals surface area (Å²) in [5, 5.41) is 9.75. The predicted octanol–water partition coefficient (Wildman–Crippen LogP) is 3.31. The van der Waals surface area contributed by atoms with Gasteiger partial charge in [0.05, 0.1) is 5.92 Å². The summed E-state index contributed by atoms with van der Waals surface area (Å²) in [6.07, 6.45) is 1.38. The van der Waals surface area contributed by atoms with Crippen molar-refractivity contribution in [1.82, 2.24) is 4.90 Å². The summed E-state index contributed by atoms with van der Waals surface area (Å²) >= 11 is 0. The van der Waals surface area contributed by atoms with E-state index >= 15 is 0 Å². The van der Waals surface area contributed by atoms with Crippen LogP contribution in [-0.2, 0) is 9.53 Å². The molecule has 0 saturated carbocycles. The highest BCUT2D eigenvalue weighted by molar-refractivity contribution is 6.01. The van der Waals surface area contributed by atoms with E-state index in [1.165, 1.54) is 0 Å². The van der Waals surface area contributed by atoms with Crippen LogP contribution < -0.4 is 0 Å². The zero-order valence-electron chi connectivity index (χ0n) is 15.1. The van der Waals surface area contributed by atoms with Crippen molar-refractivity contribution in [2.45, 2.75) is 12.8 Å². The van der Waals surface area contributed by atoms with Crippen molar-refractivity contribution in [3.63, 3.8) is 0 Å². The summed E-state index contributed by atoms with van der Waals surface area (Å²) in [4.78, 5) is 27.0. The topological polar surface area (TPSA) is 66.8 Å². The fraction of sp³-hybridized carbons (Fsp3) is 0.364. The van der Waals surface area contributed by atoms with Gasteiger partial charge in [0.25, 0.3) is 5.91 Å². The van der Waals surface area contributed by atoms with Gasteiger partial charge in [-0.15, -0.1) is 0 Å². The van der Waals surface area contributed by atoms with Crippen LogP contribution in [0.3, 0.4) is 0 Å². The lowest BCUT2D eigenvalue weighted by Gasteiger charge is -2.36. The molecule has 1 atom stereocenters. The lowest BCUT2D eigenvalue weighted by molar-refractivity contribution is -0.146. The normalized spacial score (nSPS) is 21.3. The highest BCUT2D eigenvalue weighted by atomic mass is 16.5. The molecule has 1 unspecified atom stereocenters. The third-order valence-electron chi connectivity index (χ3n) is 5.96. The molecule has 1 spiro atoms. The first kappa shape index (κ1) is 17.7. The highest BCUT2D eigenvalue weighted by Gasteiger charge is 2.52. The largest absolute Gasteiger partial charge is 0.481 e. The van der Waals surface area contributed by atoms with Crippen LogP contribution in [0.2, 0.25) is 0 Å². The van der Waals surface area contributed by atoms with Gasteiger partial charge in [-0.3, -0.25) is 9.59 Å². The Morgan fingerprint density at radius 3 is 2.37 bits per heavy atom. The molecule has 0 aliphatic carbocycles. The van der Waals surface area contributed by atoms with E-state index in [1.807, 2.05) is 54.6 Å². The highest BCUT2D eigenvalue weighted by Crippen LogP contribution is 2.45. The minimum Gasteiger partial charge on any atom is -0.481 e. The van der Waals surface area contributed by atoms with E-state index in [-0.39, 0.29) is 17.9 Å². The van der Waals surface area contributed by atoms with Crippen LogP contribution in [0.25, 0.3) is 11.1 Å². The van der Waals surface area contributed by atoms with Crippen molar-refractivity contribution >= 4 is 11.9 Å². The molecule has 2 saturated heterocycles. The Kier molecular flexibility index (Phi) is 4.70. The number of likely N-dealkylation sites (tertiary alicyclic amines) is 1. The number of amides is 1. The molecule has 1 amide bonds. The number of nitrogens with zero attached hydrogens (tertiary/aromatic N) is 1. The number of aliphatic carboxylic acids is 1. The van der Waals surface area contributed by atoms with Gasteiger partial charge in [-0.05, 0) is 30.0 Å². The van der Waals surface area contributed by atoms with Gasteiger partial charge in [-0.25, -0.2) is 0 Å². The molecule has 0 bridgehead atoms. The molecule has 2 aliphatic heterocycles. The van der Waals surface area contributed by atoms with Crippen molar-refractivity contribution in [2.24, 2.45) is 11.3 Å². The van der Waals surface area contributed by atoms with Crippen LogP contribution >= 0.6 is 0 Å². The summed E-state index contributed by atoms with van der Waals surface area (Å²) in [5.41, 5.74) is 2.11. The first-order chi connectivity index (χ1) is 13.1. The first-order valence-corrected chi connectivity index (χ1v) is 9.35. The molecule has 1 N–H and O–H groups in total. The van der Waals surface area contributed by atoms with Gasteiger partial charge < -0.3 is 14.7 Å². The van der Waals surface area contributed by atoms with Crippen LogP contribution in [0.15, 0.2) is 54.6 Å². The number of hydrogen-bond donors (Lipinski definition) is 1. The molecule has 2 fully saturated rings. The van der Waals surface area contributed by atoms with E-state index in [0.29, 0.717) is 38.2 Å². The van der Waals surface area contributed by atoms with Gasteiger partial charge in [0, 0.05) is 37.3 Å². The maximum absolute atomic E-state index is 13.3. The maximum atomic E-state index is 13.3. The summed E-state index contributed by atoms with van der Waals surface area (Å²) in [6.45, 7) is 1.87. The van der Waals surface area contributed by atoms with E-state index in [0.717, 1.165) is 11.1 Å². The second kappa shape index (κ2) is 7.16. The van der Waals surface area contributed by atoms with Gasteiger partial charge >= 0.3 is 5.97 Å². The number of rotatable bonds is 3. The zero-order chi connectivity index (χ0) is 18.9. The number of carbonyl (C=O) groups excluding carboxylic acids is 1. The van der Waals surface area contributed by atoms with Crippen LogP contribution in [-0.4, -0.2) is 48.2 Å². The Hall–Kier alpha value is -2.66. The van der Waals surface area contributed by atoms with E-state index in [9.17, 15) is 14.7 Å². The average Bonchev–Trinajstić information content (AvgIpc) is 3.07. The number of carboxylic acids is 1. The molecule has 5 heteroatoms. The van der Waals surface area contributed by atoms with Gasteiger partial charge in [0.2, 0.25) is 0 Å². The second-order valence-corrected chi connectivity index (χ2v) is 7.46. The molecule has 27 heavy (non-hydrogen) atoms. The van der Waals surface area contributed by atoms with Gasteiger partial charge in [0.1, 0.15) is 0 Å². The fourth-order valence-electron chi connectivity index (χ4n) is 4.46. The monoisotopic (exact) mass is 365 g/mol. The van der Waals surface area contributed by atoms with Crippen LogP contribution in [0.5, 0.6) is 0 Å². The molecular weight excluding hydrogens is 342 g/mol. The maximum Gasteiger partial charge on any atom is 0.308 e. The number of benzene rings is 2. The molecule has 2 aromatic rings. The van der Waals surface area contributed by atoms with Crippen molar-refractivity contribution in [3.8, 4) is 11.1 Å². The molecule has 2 aromatic carbocycles. The molecule has 2 aliphatic rings. The molecule has 2 heterocycles. The SMILES string of the molecule is O=C(O)C1CN(C(=O)c2ccccc2-c2ccccc2)CC12CCOCC2. The van der Waals surface area contributed by atoms with Crippen molar-refractivity contribution < 1.29 is 19.4 Å². The minimum absolute atomic E-state index is 0.0935. The summed E-state index contributed by atoms with van der Waals surface area (Å²) in [6, 6.07) is 17.4. The van der Waals surface area contributed by atoms with E-state index in [4.69, 9.17) is 4.74 Å². The molecule has 4 rings (SSSR count). The molecule has 0 aromatic heterocycles. The third-order valence-corrected chi connectivity index (χ3v) is 5.96. The first-order valence-electron chi connectivity index (χ1n) is 9.35. The quantitative estimate of drug-likeness (QED) is 0.906. The smallest absolute Gasteiger partial charge is 0.308 e. The van der Waals surface area contributed by atoms with E-state index in [1.54, 1.807) is 4.90 Å². The molecule has 5 nitrogen and oxygen atoms in total. The fourth-order valence-corrected chi connectivity index (χ4v) is 4.46. The summed E-state index contributed by atoms with van der Waals surface area (Å²) < 4.78 is 5.45.